The van der Waals surface area contributed by atoms with Gasteiger partial charge < -0.3 is 4.98 Å². The lowest BCUT2D eigenvalue weighted by atomic mass is 10.0. The molecule has 3 nitrogen and oxygen atoms in total. The van der Waals surface area contributed by atoms with Crippen LogP contribution in [0.2, 0.25) is 0 Å². The van der Waals surface area contributed by atoms with Crippen LogP contribution in [0.3, 0.4) is 0 Å². The van der Waals surface area contributed by atoms with E-state index in [0.717, 1.165) is 22.4 Å². The van der Waals surface area contributed by atoms with Gasteiger partial charge in [-0.2, -0.15) is 0 Å². The minimum absolute atomic E-state index is 0.0435. The Morgan fingerprint density at radius 1 is 0.679 bits per heavy atom. The molecule has 1 heterocycles. The maximum absolute atomic E-state index is 12.6. The van der Waals surface area contributed by atoms with Crippen LogP contribution in [0, 0.1) is 6.92 Å². The molecular weight excluding hydrogens is 366 g/mol. The van der Waals surface area contributed by atoms with Crippen LogP contribution in [-0.2, 0) is 15.6 Å². The minimum atomic E-state index is -3.37. The van der Waals surface area contributed by atoms with Crippen molar-refractivity contribution >= 4 is 9.84 Å². The second-order valence-electron chi connectivity index (χ2n) is 6.91. The van der Waals surface area contributed by atoms with E-state index in [4.69, 9.17) is 0 Å². The number of hydrogen-bond donors (Lipinski definition) is 1. The molecule has 0 saturated heterocycles. The van der Waals surface area contributed by atoms with Gasteiger partial charge in [0.25, 0.3) is 0 Å². The number of H-pyrrole nitrogens is 1. The Morgan fingerprint density at radius 3 is 1.96 bits per heavy atom. The molecule has 1 N–H and O–H groups in total. The van der Waals surface area contributed by atoms with E-state index in [1.807, 2.05) is 61.5 Å². The normalized spacial score (nSPS) is 11.5. The molecule has 0 unspecified atom stereocenters. The van der Waals surface area contributed by atoms with Crippen molar-refractivity contribution < 1.29 is 8.42 Å². The number of hydrogen-bond acceptors (Lipinski definition) is 2. The van der Waals surface area contributed by atoms with Crippen LogP contribution in [0.25, 0.3) is 22.4 Å². The van der Waals surface area contributed by atoms with Gasteiger partial charge in [-0.3, -0.25) is 0 Å². The molecule has 28 heavy (non-hydrogen) atoms. The zero-order valence-electron chi connectivity index (χ0n) is 15.6. The summed E-state index contributed by atoms with van der Waals surface area (Å²) in [7, 11) is -3.37. The van der Waals surface area contributed by atoms with E-state index in [0.29, 0.717) is 10.6 Å². The fourth-order valence-electron chi connectivity index (χ4n) is 3.20. The first kappa shape index (κ1) is 18.3. The van der Waals surface area contributed by atoms with Crippen molar-refractivity contribution in [2.75, 3.05) is 0 Å². The number of rotatable bonds is 5. The van der Waals surface area contributed by atoms with Crippen LogP contribution < -0.4 is 0 Å². The van der Waals surface area contributed by atoms with Crippen LogP contribution >= 0.6 is 0 Å². The lowest BCUT2D eigenvalue weighted by Crippen LogP contribution is -2.05. The van der Waals surface area contributed by atoms with E-state index in [9.17, 15) is 8.42 Å². The molecule has 0 aliphatic heterocycles. The van der Waals surface area contributed by atoms with Gasteiger partial charge in [-0.15, -0.1) is 0 Å². The molecule has 0 atom stereocenters. The third-order valence-corrected chi connectivity index (χ3v) is 6.46. The molecule has 0 aliphatic rings. The molecule has 1 aromatic heterocycles. The molecule has 140 valence electrons. The summed E-state index contributed by atoms with van der Waals surface area (Å²) in [4.78, 5) is 3.60. The smallest absolute Gasteiger partial charge is 0.183 e. The molecule has 0 saturated carbocycles. The van der Waals surface area contributed by atoms with Crippen molar-refractivity contribution in [2.45, 2.75) is 17.6 Å². The highest BCUT2D eigenvalue weighted by atomic mass is 32.2. The van der Waals surface area contributed by atoms with Gasteiger partial charge >= 0.3 is 0 Å². The van der Waals surface area contributed by atoms with Gasteiger partial charge in [0.2, 0.25) is 0 Å². The monoisotopic (exact) mass is 387 g/mol. The fraction of sp³-hybridized carbons (Fsp3) is 0.0833. The van der Waals surface area contributed by atoms with E-state index in [2.05, 4.69) is 29.2 Å². The molecule has 3 aromatic carbocycles. The second kappa shape index (κ2) is 7.49. The first-order chi connectivity index (χ1) is 13.5. The highest BCUT2D eigenvalue weighted by Crippen LogP contribution is 2.25. The number of nitrogens with one attached hydrogen (secondary N) is 1. The lowest BCUT2D eigenvalue weighted by molar-refractivity contribution is 0.595. The molecule has 0 spiro atoms. The van der Waals surface area contributed by atoms with E-state index in [1.54, 1.807) is 12.1 Å². The van der Waals surface area contributed by atoms with Gasteiger partial charge in [0.1, 0.15) is 0 Å². The van der Waals surface area contributed by atoms with Crippen molar-refractivity contribution in [1.29, 1.82) is 0 Å². The van der Waals surface area contributed by atoms with Crippen LogP contribution in [0.1, 0.15) is 11.3 Å². The molecule has 4 rings (SSSR count). The van der Waals surface area contributed by atoms with E-state index >= 15 is 0 Å². The Balaban J connectivity index is 1.53. The number of aryl methyl sites for hydroxylation is 1. The van der Waals surface area contributed by atoms with E-state index in [1.165, 1.54) is 5.56 Å². The number of sulfone groups is 1. The summed E-state index contributed by atoms with van der Waals surface area (Å²) in [5, 5.41) is 0. The largest absolute Gasteiger partial charge is 0.358 e. The number of benzene rings is 3. The zero-order chi connectivity index (χ0) is 19.6. The van der Waals surface area contributed by atoms with Gasteiger partial charge in [0, 0.05) is 11.4 Å². The Kier molecular flexibility index (Phi) is 4.88. The van der Waals surface area contributed by atoms with Crippen molar-refractivity contribution in [2.24, 2.45) is 0 Å². The molecule has 0 radical (unpaired) electrons. The van der Waals surface area contributed by atoms with Gasteiger partial charge in [0.15, 0.2) is 9.84 Å². The van der Waals surface area contributed by atoms with Gasteiger partial charge in [-0.1, -0.05) is 72.3 Å². The van der Waals surface area contributed by atoms with Gasteiger partial charge in [0.05, 0.1) is 10.6 Å². The lowest BCUT2D eigenvalue weighted by Gasteiger charge is -2.05. The van der Waals surface area contributed by atoms with Crippen molar-refractivity contribution in [3.8, 4) is 22.4 Å². The average molecular weight is 388 g/mol. The Bertz CT molecular complexity index is 1170. The standard InChI is InChI=1S/C24H21NO2S/c1-18-7-14-23(15-8-18)28(26,27)17-22-13-16-24(25-22)21-11-9-20(10-12-21)19-5-3-2-4-6-19/h2-16,25H,17H2,1H3. The van der Waals surface area contributed by atoms with Crippen molar-refractivity contribution in [3.05, 3.63) is 102 Å². The summed E-state index contributed by atoms with van der Waals surface area (Å²) >= 11 is 0. The predicted octanol–water partition coefficient (Wildman–Crippen LogP) is 5.63. The van der Waals surface area contributed by atoms with Gasteiger partial charge in [-0.25, -0.2) is 8.42 Å². The Hall–Kier alpha value is -3.11. The van der Waals surface area contributed by atoms with Crippen molar-refractivity contribution in [1.82, 2.24) is 4.98 Å². The summed E-state index contributed by atoms with van der Waals surface area (Å²) in [5.41, 5.74) is 5.98. The first-order valence-electron chi connectivity index (χ1n) is 9.14. The molecular formula is C24H21NO2S. The van der Waals surface area contributed by atoms with Crippen LogP contribution in [0.5, 0.6) is 0 Å². The maximum Gasteiger partial charge on any atom is 0.183 e. The van der Waals surface area contributed by atoms with Crippen LogP contribution in [0.15, 0.2) is 95.9 Å². The topological polar surface area (TPSA) is 49.9 Å². The molecule has 0 bridgehead atoms. The highest BCUT2D eigenvalue weighted by Gasteiger charge is 2.16. The summed E-state index contributed by atoms with van der Waals surface area (Å²) in [6.45, 7) is 1.94. The minimum Gasteiger partial charge on any atom is -0.358 e. The molecule has 0 fully saturated rings. The molecule has 0 aliphatic carbocycles. The summed E-state index contributed by atoms with van der Waals surface area (Å²) in [6, 6.07) is 29.2. The second-order valence-corrected chi connectivity index (χ2v) is 8.90. The zero-order valence-corrected chi connectivity index (χ0v) is 16.4. The van der Waals surface area contributed by atoms with Crippen molar-refractivity contribution in [3.63, 3.8) is 0 Å². The maximum atomic E-state index is 12.6. The predicted molar refractivity (Wildman–Crippen MR) is 114 cm³/mol. The summed E-state index contributed by atoms with van der Waals surface area (Å²) in [6.07, 6.45) is 0. The SMILES string of the molecule is Cc1ccc(S(=O)(=O)Cc2ccc(-c3ccc(-c4ccccc4)cc3)[nH]2)cc1. The summed E-state index contributed by atoms with van der Waals surface area (Å²) in [5.74, 6) is -0.0435. The Labute approximate surface area is 165 Å². The third-order valence-electron chi connectivity index (χ3n) is 4.78. The molecule has 0 amide bonds. The average Bonchev–Trinajstić information content (AvgIpc) is 3.17. The van der Waals surface area contributed by atoms with Crippen LogP contribution in [-0.4, -0.2) is 13.4 Å². The number of aromatic amines is 1. The molecule has 4 aromatic rings. The quantitative estimate of drug-likeness (QED) is 0.482. The first-order valence-corrected chi connectivity index (χ1v) is 10.8. The summed E-state index contributed by atoms with van der Waals surface area (Å²) < 4.78 is 25.3. The van der Waals surface area contributed by atoms with E-state index < -0.39 is 9.84 Å². The highest BCUT2D eigenvalue weighted by molar-refractivity contribution is 7.90. The molecule has 4 heteroatoms. The Morgan fingerprint density at radius 2 is 1.29 bits per heavy atom. The fourth-order valence-corrected chi connectivity index (χ4v) is 4.49. The number of aromatic nitrogens is 1. The van der Waals surface area contributed by atoms with E-state index in [-0.39, 0.29) is 5.75 Å². The third kappa shape index (κ3) is 3.92. The van der Waals surface area contributed by atoms with Gasteiger partial charge in [-0.05, 0) is 47.9 Å². The van der Waals surface area contributed by atoms with Crippen LogP contribution in [0.4, 0.5) is 0 Å².